The van der Waals surface area contributed by atoms with E-state index in [0.717, 1.165) is 28.4 Å². The minimum atomic E-state index is -4.04. The molecule has 0 aliphatic rings. The van der Waals surface area contributed by atoms with E-state index in [0.29, 0.717) is 23.3 Å². The standard InChI is InChI=1S/C25H25N3O4S2/c1-16(2)18-6-11-21(12-7-18)34(30,31)28-25(29)22(14-17-4-9-20(32-3)10-5-17)19-8-13-23-24(15-19)27-33-26-23/h4-13,15-16,22H,14H2,1-3H3,(H,28,29). The number of rotatable bonds is 8. The van der Waals surface area contributed by atoms with Crippen molar-refractivity contribution in [2.45, 2.75) is 37.0 Å². The van der Waals surface area contributed by atoms with Crippen LogP contribution in [0, 0.1) is 0 Å². The van der Waals surface area contributed by atoms with Crippen molar-refractivity contribution in [2.24, 2.45) is 0 Å². The number of benzene rings is 3. The van der Waals surface area contributed by atoms with Crippen LogP contribution >= 0.6 is 11.7 Å². The summed E-state index contributed by atoms with van der Waals surface area (Å²) in [7, 11) is -2.45. The summed E-state index contributed by atoms with van der Waals surface area (Å²) < 4.78 is 42.0. The Balaban J connectivity index is 1.64. The number of fused-ring (bicyclic) bond motifs is 1. The van der Waals surface area contributed by atoms with E-state index in [4.69, 9.17) is 4.74 Å². The normalized spacial score (nSPS) is 12.6. The Labute approximate surface area is 203 Å². The van der Waals surface area contributed by atoms with Gasteiger partial charge in [-0.25, -0.2) is 13.1 Å². The molecule has 176 valence electrons. The number of hydrogen-bond donors (Lipinski definition) is 1. The summed E-state index contributed by atoms with van der Waals surface area (Å²) in [5.74, 6) is -0.377. The van der Waals surface area contributed by atoms with Crippen LogP contribution in [0.4, 0.5) is 0 Å². The SMILES string of the molecule is COc1ccc(CC(C(=O)NS(=O)(=O)c2ccc(C(C)C)cc2)c2ccc3nsnc3c2)cc1. The molecule has 1 aromatic heterocycles. The fourth-order valence-electron chi connectivity index (χ4n) is 3.67. The first-order valence-electron chi connectivity index (χ1n) is 10.8. The van der Waals surface area contributed by atoms with Crippen molar-refractivity contribution < 1.29 is 17.9 Å². The molecular formula is C25H25N3O4S2. The molecule has 4 aromatic rings. The molecule has 0 aliphatic carbocycles. The van der Waals surface area contributed by atoms with Crippen LogP contribution in [0.2, 0.25) is 0 Å². The molecule has 9 heteroatoms. The number of nitrogens with zero attached hydrogens (tertiary/aromatic N) is 2. The van der Waals surface area contributed by atoms with E-state index in [1.54, 1.807) is 37.4 Å². The van der Waals surface area contributed by atoms with Crippen LogP contribution in [0.25, 0.3) is 11.0 Å². The quantitative estimate of drug-likeness (QED) is 0.382. The predicted molar refractivity (Wildman–Crippen MR) is 133 cm³/mol. The average molecular weight is 496 g/mol. The van der Waals surface area contributed by atoms with Gasteiger partial charge < -0.3 is 4.74 Å². The molecule has 7 nitrogen and oxygen atoms in total. The van der Waals surface area contributed by atoms with Gasteiger partial charge in [-0.1, -0.05) is 44.2 Å². The lowest BCUT2D eigenvalue weighted by Gasteiger charge is -2.18. The Kier molecular flexibility index (Phi) is 6.95. The summed E-state index contributed by atoms with van der Waals surface area (Å²) in [5, 5.41) is 0. The van der Waals surface area contributed by atoms with Gasteiger partial charge in [0.05, 0.1) is 29.7 Å². The van der Waals surface area contributed by atoms with Crippen molar-refractivity contribution >= 4 is 38.7 Å². The van der Waals surface area contributed by atoms with Gasteiger partial charge in [0.25, 0.3) is 10.0 Å². The van der Waals surface area contributed by atoms with Gasteiger partial charge in [0.15, 0.2) is 0 Å². The monoisotopic (exact) mass is 495 g/mol. The summed E-state index contributed by atoms with van der Waals surface area (Å²) in [6.45, 7) is 4.06. The summed E-state index contributed by atoms with van der Waals surface area (Å²) in [4.78, 5) is 13.4. The van der Waals surface area contributed by atoms with Gasteiger partial charge in [-0.15, -0.1) is 0 Å². The van der Waals surface area contributed by atoms with Crippen molar-refractivity contribution in [3.05, 3.63) is 83.4 Å². The molecule has 1 unspecified atom stereocenters. The number of methoxy groups -OCH3 is 1. The lowest BCUT2D eigenvalue weighted by Crippen LogP contribution is -2.35. The Morgan fingerprint density at radius 1 is 0.941 bits per heavy atom. The van der Waals surface area contributed by atoms with Crippen LogP contribution in [0.1, 0.15) is 42.4 Å². The van der Waals surface area contributed by atoms with Gasteiger partial charge in [-0.05, 0) is 65.4 Å². The first kappa shape index (κ1) is 23.8. The van der Waals surface area contributed by atoms with E-state index in [2.05, 4.69) is 13.5 Å². The molecule has 1 heterocycles. The summed E-state index contributed by atoms with van der Waals surface area (Å²) >= 11 is 1.09. The second-order valence-electron chi connectivity index (χ2n) is 8.31. The fraction of sp³-hybridized carbons (Fsp3) is 0.240. The van der Waals surface area contributed by atoms with Gasteiger partial charge in [0.1, 0.15) is 16.8 Å². The first-order valence-corrected chi connectivity index (χ1v) is 13.0. The Bertz CT molecular complexity index is 1400. The lowest BCUT2D eigenvalue weighted by molar-refractivity contribution is -0.120. The van der Waals surface area contributed by atoms with Gasteiger partial charge in [0, 0.05) is 0 Å². The van der Waals surface area contributed by atoms with E-state index in [1.807, 2.05) is 38.1 Å². The number of hydrogen-bond acceptors (Lipinski definition) is 7. The maximum absolute atomic E-state index is 13.4. The molecule has 0 bridgehead atoms. The number of nitrogens with one attached hydrogen (secondary N) is 1. The number of sulfonamides is 1. The molecule has 3 aromatic carbocycles. The third-order valence-electron chi connectivity index (χ3n) is 5.69. The smallest absolute Gasteiger partial charge is 0.264 e. The van der Waals surface area contributed by atoms with E-state index < -0.39 is 21.8 Å². The van der Waals surface area contributed by atoms with Crippen LogP contribution in [0.3, 0.4) is 0 Å². The fourth-order valence-corrected chi connectivity index (χ4v) is 5.21. The van der Waals surface area contributed by atoms with E-state index in [9.17, 15) is 13.2 Å². The van der Waals surface area contributed by atoms with Gasteiger partial charge in [0.2, 0.25) is 5.91 Å². The molecule has 0 aliphatic heterocycles. The molecule has 0 fully saturated rings. The molecule has 0 saturated carbocycles. The molecule has 0 radical (unpaired) electrons. The van der Waals surface area contributed by atoms with Gasteiger partial charge >= 0.3 is 0 Å². The Hall–Kier alpha value is -3.30. The van der Waals surface area contributed by atoms with E-state index >= 15 is 0 Å². The lowest BCUT2D eigenvalue weighted by atomic mass is 9.91. The van der Waals surface area contributed by atoms with Crippen LogP contribution in [0.5, 0.6) is 5.75 Å². The number of carbonyl (C=O) groups excluding carboxylic acids is 1. The average Bonchev–Trinajstić information content (AvgIpc) is 3.30. The van der Waals surface area contributed by atoms with Crippen molar-refractivity contribution in [2.75, 3.05) is 7.11 Å². The van der Waals surface area contributed by atoms with Crippen molar-refractivity contribution in [3.63, 3.8) is 0 Å². The maximum atomic E-state index is 13.4. The van der Waals surface area contributed by atoms with Crippen molar-refractivity contribution in [1.29, 1.82) is 0 Å². The van der Waals surface area contributed by atoms with E-state index in [1.165, 1.54) is 12.1 Å². The van der Waals surface area contributed by atoms with E-state index in [-0.39, 0.29) is 10.8 Å². The highest BCUT2D eigenvalue weighted by Crippen LogP contribution is 2.27. The highest BCUT2D eigenvalue weighted by molar-refractivity contribution is 7.90. The summed E-state index contributed by atoms with van der Waals surface area (Å²) in [6.07, 6.45) is 0.306. The minimum absolute atomic E-state index is 0.0487. The second kappa shape index (κ2) is 9.90. The van der Waals surface area contributed by atoms with Crippen LogP contribution < -0.4 is 9.46 Å². The molecule has 1 amide bonds. The Morgan fingerprint density at radius 3 is 2.24 bits per heavy atom. The zero-order valence-electron chi connectivity index (χ0n) is 19.1. The highest BCUT2D eigenvalue weighted by Gasteiger charge is 2.27. The third kappa shape index (κ3) is 5.26. The summed E-state index contributed by atoms with van der Waals surface area (Å²) in [5.41, 5.74) is 3.96. The Morgan fingerprint density at radius 2 is 1.59 bits per heavy atom. The predicted octanol–water partition coefficient (Wildman–Crippen LogP) is 4.65. The molecule has 1 N–H and O–H groups in total. The topological polar surface area (TPSA) is 98.2 Å². The maximum Gasteiger partial charge on any atom is 0.264 e. The number of aromatic nitrogens is 2. The van der Waals surface area contributed by atoms with Crippen molar-refractivity contribution in [1.82, 2.24) is 13.5 Å². The largest absolute Gasteiger partial charge is 0.497 e. The molecule has 1 atom stereocenters. The minimum Gasteiger partial charge on any atom is -0.497 e. The van der Waals surface area contributed by atoms with Crippen LogP contribution in [-0.4, -0.2) is 30.2 Å². The number of carbonyl (C=O) groups is 1. The van der Waals surface area contributed by atoms with Crippen LogP contribution in [-0.2, 0) is 21.2 Å². The highest BCUT2D eigenvalue weighted by atomic mass is 32.2. The number of amides is 1. The van der Waals surface area contributed by atoms with Crippen LogP contribution in [0.15, 0.2) is 71.6 Å². The molecular weight excluding hydrogens is 470 g/mol. The van der Waals surface area contributed by atoms with Gasteiger partial charge in [-0.2, -0.15) is 8.75 Å². The third-order valence-corrected chi connectivity index (χ3v) is 7.61. The second-order valence-corrected chi connectivity index (χ2v) is 10.5. The summed E-state index contributed by atoms with van der Waals surface area (Å²) in [6, 6.07) is 19.3. The number of ether oxygens (including phenoxy) is 1. The molecule has 34 heavy (non-hydrogen) atoms. The first-order chi connectivity index (χ1) is 16.3. The molecule has 4 rings (SSSR count). The zero-order valence-corrected chi connectivity index (χ0v) is 20.7. The molecule has 0 saturated heterocycles. The van der Waals surface area contributed by atoms with Gasteiger partial charge in [-0.3, -0.25) is 4.79 Å². The van der Waals surface area contributed by atoms with Crippen molar-refractivity contribution in [3.8, 4) is 5.75 Å². The molecule has 0 spiro atoms. The zero-order chi connectivity index (χ0) is 24.3.